The zero-order valence-electron chi connectivity index (χ0n) is 7.92. The molecule has 2 rings (SSSR count). The maximum Gasteiger partial charge on any atom is 0.237 e. The third kappa shape index (κ3) is 2.11. The predicted molar refractivity (Wildman–Crippen MR) is 51.5 cm³/mol. The van der Waals surface area contributed by atoms with Crippen molar-refractivity contribution in [3.8, 4) is 0 Å². The number of aromatic amines is 1. The molecular weight excluding hydrogens is 180 g/mol. The lowest BCUT2D eigenvalue weighted by Gasteiger charge is -2.09. The Bertz CT molecular complexity index is 290. The van der Waals surface area contributed by atoms with Crippen molar-refractivity contribution in [2.45, 2.75) is 25.4 Å². The molecule has 1 aromatic heterocycles. The Morgan fingerprint density at radius 3 is 3.29 bits per heavy atom. The van der Waals surface area contributed by atoms with Crippen molar-refractivity contribution in [1.29, 1.82) is 0 Å². The highest BCUT2D eigenvalue weighted by molar-refractivity contribution is 5.81. The molecule has 0 unspecified atom stereocenters. The van der Waals surface area contributed by atoms with E-state index in [9.17, 15) is 4.79 Å². The van der Waals surface area contributed by atoms with Crippen molar-refractivity contribution < 1.29 is 4.79 Å². The standard InChI is InChI=1S/C9H14N4O/c14-9(8-2-1-3-10-8)11-4-7-5-12-13-6-7/h5-6,8,10H,1-4H2,(H,11,14)(H,12,13)/t8-/m0/s1. The highest BCUT2D eigenvalue weighted by Gasteiger charge is 2.21. The van der Waals surface area contributed by atoms with Gasteiger partial charge in [0.15, 0.2) is 0 Å². The van der Waals surface area contributed by atoms with Crippen LogP contribution < -0.4 is 10.6 Å². The summed E-state index contributed by atoms with van der Waals surface area (Å²) >= 11 is 0. The molecule has 14 heavy (non-hydrogen) atoms. The van der Waals surface area contributed by atoms with Gasteiger partial charge in [0.2, 0.25) is 5.91 Å². The zero-order valence-corrected chi connectivity index (χ0v) is 7.92. The molecule has 76 valence electrons. The van der Waals surface area contributed by atoms with Crippen LogP contribution in [-0.4, -0.2) is 28.7 Å². The van der Waals surface area contributed by atoms with Gasteiger partial charge in [-0.3, -0.25) is 9.89 Å². The molecule has 1 amide bonds. The lowest BCUT2D eigenvalue weighted by atomic mass is 10.2. The monoisotopic (exact) mass is 194 g/mol. The van der Waals surface area contributed by atoms with Crippen molar-refractivity contribution in [3.05, 3.63) is 18.0 Å². The zero-order chi connectivity index (χ0) is 9.80. The number of hydrogen-bond acceptors (Lipinski definition) is 3. The van der Waals surface area contributed by atoms with Crippen LogP contribution in [0.2, 0.25) is 0 Å². The number of carbonyl (C=O) groups is 1. The molecule has 0 bridgehead atoms. The molecule has 1 fully saturated rings. The molecule has 0 saturated carbocycles. The normalized spacial score (nSPS) is 21.0. The van der Waals surface area contributed by atoms with E-state index in [0.29, 0.717) is 6.54 Å². The van der Waals surface area contributed by atoms with Gasteiger partial charge in [0.1, 0.15) is 0 Å². The molecule has 1 atom stereocenters. The number of amides is 1. The van der Waals surface area contributed by atoms with Crippen LogP contribution in [-0.2, 0) is 11.3 Å². The van der Waals surface area contributed by atoms with Crippen LogP contribution in [0.25, 0.3) is 0 Å². The quantitative estimate of drug-likeness (QED) is 0.623. The van der Waals surface area contributed by atoms with Gasteiger partial charge in [-0.1, -0.05) is 0 Å². The Morgan fingerprint density at radius 2 is 2.64 bits per heavy atom. The first-order valence-corrected chi connectivity index (χ1v) is 4.85. The molecule has 0 aliphatic carbocycles. The number of hydrogen-bond donors (Lipinski definition) is 3. The van der Waals surface area contributed by atoms with E-state index in [-0.39, 0.29) is 11.9 Å². The Balaban J connectivity index is 1.77. The van der Waals surface area contributed by atoms with Crippen LogP contribution in [0.15, 0.2) is 12.4 Å². The highest BCUT2D eigenvalue weighted by Crippen LogP contribution is 2.04. The fourth-order valence-corrected chi connectivity index (χ4v) is 1.60. The van der Waals surface area contributed by atoms with Gasteiger partial charge in [0.05, 0.1) is 12.2 Å². The van der Waals surface area contributed by atoms with Crippen LogP contribution >= 0.6 is 0 Å². The number of H-pyrrole nitrogens is 1. The maximum absolute atomic E-state index is 11.5. The van der Waals surface area contributed by atoms with E-state index in [1.807, 2.05) is 0 Å². The molecule has 0 radical (unpaired) electrons. The smallest absolute Gasteiger partial charge is 0.237 e. The SMILES string of the molecule is O=C(NCc1cn[nH]c1)[C@@H]1CCCN1. The number of carbonyl (C=O) groups excluding carboxylic acids is 1. The second kappa shape index (κ2) is 4.23. The average Bonchev–Trinajstić information content (AvgIpc) is 2.87. The van der Waals surface area contributed by atoms with Gasteiger partial charge in [0.25, 0.3) is 0 Å². The molecule has 1 aliphatic rings. The van der Waals surface area contributed by atoms with E-state index in [1.54, 1.807) is 12.4 Å². The van der Waals surface area contributed by atoms with Crippen molar-refractivity contribution in [2.24, 2.45) is 0 Å². The molecule has 0 spiro atoms. The van der Waals surface area contributed by atoms with Crippen LogP contribution in [0.4, 0.5) is 0 Å². The van der Waals surface area contributed by atoms with Crippen LogP contribution in [0, 0.1) is 0 Å². The molecule has 1 aliphatic heterocycles. The maximum atomic E-state index is 11.5. The van der Waals surface area contributed by atoms with E-state index in [0.717, 1.165) is 24.9 Å². The Hall–Kier alpha value is -1.36. The lowest BCUT2D eigenvalue weighted by Crippen LogP contribution is -2.39. The van der Waals surface area contributed by atoms with Gasteiger partial charge < -0.3 is 10.6 Å². The van der Waals surface area contributed by atoms with E-state index in [2.05, 4.69) is 20.8 Å². The van der Waals surface area contributed by atoms with E-state index in [4.69, 9.17) is 0 Å². The molecule has 3 N–H and O–H groups in total. The van der Waals surface area contributed by atoms with Crippen molar-refractivity contribution >= 4 is 5.91 Å². The number of aromatic nitrogens is 2. The molecule has 0 aromatic carbocycles. The summed E-state index contributed by atoms with van der Waals surface area (Å²) in [4.78, 5) is 11.5. The predicted octanol–water partition coefficient (Wildman–Crippen LogP) is -0.222. The first kappa shape index (κ1) is 9.21. The molecule has 5 nitrogen and oxygen atoms in total. The topological polar surface area (TPSA) is 69.8 Å². The van der Waals surface area contributed by atoms with E-state index >= 15 is 0 Å². The average molecular weight is 194 g/mol. The summed E-state index contributed by atoms with van der Waals surface area (Å²) in [5, 5.41) is 12.5. The minimum Gasteiger partial charge on any atom is -0.351 e. The van der Waals surface area contributed by atoms with E-state index in [1.165, 1.54) is 0 Å². The highest BCUT2D eigenvalue weighted by atomic mass is 16.2. The summed E-state index contributed by atoms with van der Waals surface area (Å²) in [6.45, 7) is 1.50. The van der Waals surface area contributed by atoms with Gasteiger partial charge in [0, 0.05) is 18.3 Å². The second-order valence-electron chi connectivity index (χ2n) is 3.47. The molecule has 2 heterocycles. The van der Waals surface area contributed by atoms with Crippen LogP contribution in [0.5, 0.6) is 0 Å². The van der Waals surface area contributed by atoms with Crippen molar-refractivity contribution in [3.63, 3.8) is 0 Å². The summed E-state index contributed by atoms with van der Waals surface area (Å²) in [6.07, 6.45) is 5.52. The van der Waals surface area contributed by atoms with Gasteiger partial charge in [-0.15, -0.1) is 0 Å². The van der Waals surface area contributed by atoms with Gasteiger partial charge in [-0.25, -0.2) is 0 Å². The fourth-order valence-electron chi connectivity index (χ4n) is 1.60. The molecular formula is C9H14N4O. The van der Waals surface area contributed by atoms with Crippen molar-refractivity contribution in [2.75, 3.05) is 6.54 Å². The third-order valence-electron chi connectivity index (χ3n) is 2.40. The van der Waals surface area contributed by atoms with Gasteiger partial charge >= 0.3 is 0 Å². The van der Waals surface area contributed by atoms with Crippen LogP contribution in [0.3, 0.4) is 0 Å². The Kier molecular flexibility index (Phi) is 2.78. The number of rotatable bonds is 3. The minimum absolute atomic E-state index is 0.00176. The van der Waals surface area contributed by atoms with Gasteiger partial charge in [-0.2, -0.15) is 5.10 Å². The fraction of sp³-hybridized carbons (Fsp3) is 0.556. The summed E-state index contributed by atoms with van der Waals surface area (Å²) in [5.41, 5.74) is 0.997. The third-order valence-corrected chi connectivity index (χ3v) is 2.40. The lowest BCUT2D eigenvalue weighted by molar-refractivity contribution is -0.122. The summed E-state index contributed by atoms with van der Waals surface area (Å²) < 4.78 is 0. The van der Waals surface area contributed by atoms with Crippen LogP contribution in [0.1, 0.15) is 18.4 Å². The van der Waals surface area contributed by atoms with Crippen molar-refractivity contribution in [1.82, 2.24) is 20.8 Å². The second-order valence-corrected chi connectivity index (χ2v) is 3.47. The largest absolute Gasteiger partial charge is 0.351 e. The summed E-state index contributed by atoms with van der Waals surface area (Å²) in [6, 6.07) is 0.00176. The first-order chi connectivity index (χ1) is 6.86. The summed E-state index contributed by atoms with van der Waals surface area (Å²) in [5.74, 6) is 0.0868. The molecule has 1 saturated heterocycles. The first-order valence-electron chi connectivity index (χ1n) is 4.85. The molecule has 5 heteroatoms. The number of nitrogens with zero attached hydrogens (tertiary/aromatic N) is 1. The number of nitrogens with one attached hydrogen (secondary N) is 3. The van der Waals surface area contributed by atoms with E-state index < -0.39 is 0 Å². The minimum atomic E-state index is 0.00176. The summed E-state index contributed by atoms with van der Waals surface area (Å²) in [7, 11) is 0. The Morgan fingerprint density at radius 1 is 1.71 bits per heavy atom. The molecule has 1 aromatic rings. The van der Waals surface area contributed by atoms with Gasteiger partial charge in [-0.05, 0) is 19.4 Å². The Labute approximate surface area is 82.3 Å².